The summed E-state index contributed by atoms with van der Waals surface area (Å²) in [4.78, 5) is 16.5. The summed E-state index contributed by atoms with van der Waals surface area (Å²) in [7, 11) is 2.13. The van der Waals surface area contributed by atoms with Crippen LogP contribution in [0.2, 0.25) is 0 Å². The molecule has 0 radical (unpaired) electrons. The smallest absolute Gasteiger partial charge is 0.240 e. The summed E-state index contributed by atoms with van der Waals surface area (Å²) in [5, 5.41) is 3.38. The summed E-state index contributed by atoms with van der Waals surface area (Å²) < 4.78 is 0. The molecule has 3 unspecified atom stereocenters. The first-order valence-corrected chi connectivity index (χ1v) is 7.15. The highest BCUT2D eigenvalue weighted by molar-refractivity contribution is 5.83. The second kappa shape index (κ2) is 6.53. The molecule has 3 atom stereocenters. The third-order valence-electron chi connectivity index (χ3n) is 4.08. The van der Waals surface area contributed by atoms with E-state index >= 15 is 0 Å². The zero-order chi connectivity index (χ0) is 13.9. The molecule has 106 valence electrons. The average molecular weight is 255 g/mol. The minimum atomic E-state index is -0.0358. The Bertz CT molecular complexity index is 280. The van der Waals surface area contributed by atoms with Gasteiger partial charge >= 0.3 is 0 Å². The molecule has 1 saturated heterocycles. The maximum absolute atomic E-state index is 12.1. The fourth-order valence-electron chi connectivity index (χ4n) is 2.40. The molecule has 4 heteroatoms. The molecule has 1 fully saturated rings. The molecular weight excluding hydrogens is 226 g/mol. The summed E-state index contributed by atoms with van der Waals surface area (Å²) in [5.41, 5.74) is 0. The van der Waals surface area contributed by atoms with E-state index in [-0.39, 0.29) is 18.1 Å². The molecule has 0 aliphatic carbocycles. The Kier molecular flexibility index (Phi) is 5.60. The normalized spacial score (nSPS) is 26.4. The lowest BCUT2D eigenvalue weighted by molar-refractivity contribution is -0.130. The van der Waals surface area contributed by atoms with Gasteiger partial charge in [0, 0.05) is 19.1 Å². The van der Waals surface area contributed by atoms with E-state index in [1.807, 2.05) is 11.8 Å². The molecular formula is C14H29N3O. The van der Waals surface area contributed by atoms with Crippen LogP contribution in [-0.2, 0) is 4.79 Å². The van der Waals surface area contributed by atoms with E-state index in [0.29, 0.717) is 12.0 Å². The van der Waals surface area contributed by atoms with Crippen LogP contribution in [-0.4, -0.2) is 54.1 Å². The van der Waals surface area contributed by atoms with E-state index in [2.05, 4.69) is 45.0 Å². The van der Waals surface area contributed by atoms with Crippen molar-refractivity contribution in [2.24, 2.45) is 5.92 Å². The van der Waals surface area contributed by atoms with Crippen molar-refractivity contribution in [3.05, 3.63) is 0 Å². The van der Waals surface area contributed by atoms with E-state index in [9.17, 15) is 4.79 Å². The Morgan fingerprint density at radius 2 is 2.00 bits per heavy atom. The van der Waals surface area contributed by atoms with Crippen LogP contribution < -0.4 is 5.32 Å². The lowest BCUT2D eigenvalue weighted by Gasteiger charge is -2.31. The maximum Gasteiger partial charge on any atom is 0.240 e. The summed E-state index contributed by atoms with van der Waals surface area (Å²) in [6.45, 7) is 12.5. The molecule has 0 saturated carbocycles. The van der Waals surface area contributed by atoms with E-state index in [1.54, 1.807) is 0 Å². The number of hydrogen-bond donors (Lipinski definition) is 1. The molecule has 1 N–H and O–H groups in total. The van der Waals surface area contributed by atoms with Crippen LogP contribution in [0.25, 0.3) is 0 Å². The first-order chi connectivity index (χ1) is 8.38. The Morgan fingerprint density at radius 1 is 1.39 bits per heavy atom. The Balaban J connectivity index is 2.55. The van der Waals surface area contributed by atoms with Gasteiger partial charge in [-0.1, -0.05) is 20.8 Å². The van der Waals surface area contributed by atoms with Gasteiger partial charge in [0.1, 0.15) is 0 Å². The summed E-state index contributed by atoms with van der Waals surface area (Å²) in [6, 6.07) is 0.539. The van der Waals surface area contributed by atoms with Gasteiger partial charge in [0.05, 0.1) is 12.2 Å². The van der Waals surface area contributed by atoms with Gasteiger partial charge in [-0.15, -0.1) is 0 Å². The maximum atomic E-state index is 12.1. The number of nitrogens with zero attached hydrogens (tertiary/aromatic N) is 2. The van der Waals surface area contributed by atoms with E-state index < -0.39 is 0 Å². The van der Waals surface area contributed by atoms with Crippen molar-refractivity contribution in [1.29, 1.82) is 0 Å². The summed E-state index contributed by atoms with van der Waals surface area (Å²) in [6.07, 6.45) is 1.34. The van der Waals surface area contributed by atoms with Gasteiger partial charge in [-0.2, -0.15) is 0 Å². The number of hydrogen-bond acceptors (Lipinski definition) is 3. The largest absolute Gasteiger partial charge is 0.324 e. The molecule has 0 bridgehead atoms. The lowest BCUT2D eigenvalue weighted by atomic mass is 10.1. The van der Waals surface area contributed by atoms with Gasteiger partial charge in [-0.05, 0) is 33.2 Å². The van der Waals surface area contributed by atoms with Crippen molar-refractivity contribution in [1.82, 2.24) is 15.1 Å². The van der Waals surface area contributed by atoms with Gasteiger partial charge in [-0.25, -0.2) is 0 Å². The van der Waals surface area contributed by atoms with E-state index in [0.717, 1.165) is 19.5 Å². The highest BCUT2D eigenvalue weighted by atomic mass is 16.2. The SMILES string of the molecule is CCC(C)N(C)CCN1C(=O)C(C)NC1C(C)C. The first-order valence-electron chi connectivity index (χ1n) is 7.15. The molecule has 1 amide bonds. The van der Waals surface area contributed by atoms with Crippen molar-refractivity contribution >= 4 is 5.91 Å². The van der Waals surface area contributed by atoms with Crippen molar-refractivity contribution in [3.63, 3.8) is 0 Å². The third-order valence-corrected chi connectivity index (χ3v) is 4.08. The number of likely N-dealkylation sites (N-methyl/N-ethyl adjacent to an activating group) is 1. The Morgan fingerprint density at radius 3 is 2.50 bits per heavy atom. The van der Waals surface area contributed by atoms with Crippen LogP contribution in [0.5, 0.6) is 0 Å². The highest BCUT2D eigenvalue weighted by Crippen LogP contribution is 2.17. The minimum absolute atomic E-state index is 0.0358. The molecule has 1 aliphatic heterocycles. The van der Waals surface area contributed by atoms with Crippen LogP contribution in [0, 0.1) is 5.92 Å². The van der Waals surface area contributed by atoms with Gasteiger partial charge in [0.15, 0.2) is 0 Å². The van der Waals surface area contributed by atoms with Gasteiger partial charge in [0.2, 0.25) is 5.91 Å². The van der Waals surface area contributed by atoms with Gasteiger partial charge in [0.25, 0.3) is 0 Å². The van der Waals surface area contributed by atoms with Crippen LogP contribution in [0.1, 0.15) is 41.0 Å². The van der Waals surface area contributed by atoms with Crippen molar-refractivity contribution < 1.29 is 4.79 Å². The van der Waals surface area contributed by atoms with Crippen LogP contribution in [0.4, 0.5) is 0 Å². The Hall–Kier alpha value is -0.610. The summed E-state index contributed by atoms with van der Waals surface area (Å²) in [5.74, 6) is 0.694. The number of carbonyl (C=O) groups excluding carboxylic acids is 1. The molecule has 4 nitrogen and oxygen atoms in total. The zero-order valence-electron chi connectivity index (χ0n) is 12.7. The van der Waals surface area contributed by atoms with Crippen LogP contribution >= 0.6 is 0 Å². The first kappa shape index (κ1) is 15.4. The molecule has 1 rings (SSSR count). The monoisotopic (exact) mass is 255 g/mol. The molecule has 0 aromatic heterocycles. The number of carbonyl (C=O) groups is 1. The molecule has 1 heterocycles. The van der Waals surface area contributed by atoms with Crippen LogP contribution in [0.15, 0.2) is 0 Å². The third kappa shape index (κ3) is 3.45. The molecule has 18 heavy (non-hydrogen) atoms. The van der Waals surface area contributed by atoms with Crippen molar-refractivity contribution in [2.75, 3.05) is 20.1 Å². The average Bonchev–Trinajstić information content (AvgIpc) is 2.62. The highest BCUT2D eigenvalue weighted by Gasteiger charge is 2.37. The fourth-order valence-corrected chi connectivity index (χ4v) is 2.40. The lowest BCUT2D eigenvalue weighted by Crippen LogP contribution is -2.45. The summed E-state index contributed by atoms with van der Waals surface area (Å²) >= 11 is 0. The quantitative estimate of drug-likeness (QED) is 0.781. The van der Waals surface area contributed by atoms with Crippen LogP contribution in [0.3, 0.4) is 0 Å². The zero-order valence-corrected chi connectivity index (χ0v) is 12.7. The molecule has 0 aromatic rings. The molecule has 1 aliphatic rings. The molecule has 0 aromatic carbocycles. The topological polar surface area (TPSA) is 35.6 Å². The van der Waals surface area contributed by atoms with Gasteiger partial charge in [-0.3, -0.25) is 10.1 Å². The number of rotatable bonds is 6. The predicted octanol–water partition coefficient (Wildman–Crippen LogP) is 1.52. The van der Waals surface area contributed by atoms with E-state index in [4.69, 9.17) is 0 Å². The van der Waals surface area contributed by atoms with Crippen molar-refractivity contribution in [2.45, 2.75) is 59.3 Å². The predicted molar refractivity (Wildman–Crippen MR) is 75.3 cm³/mol. The fraction of sp³-hybridized carbons (Fsp3) is 0.929. The minimum Gasteiger partial charge on any atom is -0.324 e. The Labute approximate surface area is 112 Å². The van der Waals surface area contributed by atoms with Gasteiger partial charge < -0.3 is 9.80 Å². The standard InChI is InChI=1S/C14H29N3O/c1-7-11(4)16(6)8-9-17-13(10(2)3)15-12(5)14(17)18/h10-13,15H,7-9H2,1-6H3. The number of amides is 1. The van der Waals surface area contributed by atoms with Crippen molar-refractivity contribution in [3.8, 4) is 0 Å². The second-order valence-electron chi connectivity index (χ2n) is 5.85. The second-order valence-corrected chi connectivity index (χ2v) is 5.85. The number of nitrogens with one attached hydrogen (secondary N) is 1. The van der Waals surface area contributed by atoms with E-state index in [1.165, 1.54) is 0 Å². The molecule has 0 spiro atoms.